The van der Waals surface area contributed by atoms with Crippen LogP contribution in [0, 0.1) is 5.82 Å². The minimum Gasteiger partial charge on any atom is -0.273 e. The molecule has 4 amide bonds. The van der Waals surface area contributed by atoms with Crippen LogP contribution in [0.3, 0.4) is 0 Å². The average Bonchev–Trinajstić information content (AvgIpc) is 2.52. The molecule has 1 saturated heterocycles. The van der Waals surface area contributed by atoms with Gasteiger partial charge < -0.3 is 0 Å². The lowest BCUT2D eigenvalue weighted by molar-refractivity contribution is -0.123. The molecule has 0 unspecified atom stereocenters. The van der Waals surface area contributed by atoms with Crippen LogP contribution in [-0.4, -0.2) is 17.8 Å². The first kappa shape index (κ1) is 14.6. The maximum atomic E-state index is 12.9. The fourth-order valence-corrected chi connectivity index (χ4v) is 2.19. The number of barbiturate groups is 1. The van der Waals surface area contributed by atoms with Crippen molar-refractivity contribution in [1.29, 1.82) is 0 Å². The summed E-state index contributed by atoms with van der Waals surface area (Å²) in [5, 5.41) is 4.02. The number of hydrogen-bond donors (Lipinski definition) is 2. The number of amides is 4. The molecule has 6 heteroatoms. The van der Waals surface area contributed by atoms with Gasteiger partial charge in [-0.3, -0.25) is 20.2 Å². The number of carbonyl (C=O) groups excluding carboxylic acids is 3. The van der Waals surface area contributed by atoms with E-state index >= 15 is 0 Å². The summed E-state index contributed by atoms with van der Waals surface area (Å²) >= 11 is 0. The second-order valence-electron chi connectivity index (χ2n) is 4.92. The Morgan fingerprint density at radius 2 is 1.22 bits per heavy atom. The van der Waals surface area contributed by atoms with Gasteiger partial charge in [0.15, 0.2) is 0 Å². The van der Waals surface area contributed by atoms with E-state index in [9.17, 15) is 18.8 Å². The first-order valence-electron chi connectivity index (χ1n) is 6.77. The van der Waals surface area contributed by atoms with Crippen LogP contribution in [-0.2, 0) is 9.59 Å². The average molecular weight is 310 g/mol. The number of urea groups is 1. The van der Waals surface area contributed by atoms with Crippen molar-refractivity contribution < 1.29 is 18.8 Å². The first-order valence-corrected chi connectivity index (χ1v) is 6.77. The zero-order valence-electron chi connectivity index (χ0n) is 11.8. The zero-order valence-corrected chi connectivity index (χ0v) is 11.8. The minimum atomic E-state index is -0.830. The number of nitrogens with one attached hydrogen (secondary N) is 2. The van der Waals surface area contributed by atoms with Gasteiger partial charge in [0.1, 0.15) is 11.4 Å². The van der Waals surface area contributed by atoms with Gasteiger partial charge in [0.25, 0.3) is 11.8 Å². The van der Waals surface area contributed by atoms with Crippen LogP contribution in [0.5, 0.6) is 0 Å². The fourth-order valence-electron chi connectivity index (χ4n) is 2.19. The topological polar surface area (TPSA) is 75.3 Å². The van der Waals surface area contributed by atoms with Gasteiger partial charge in [0, 0.05) is 0 Å². The lowest BCUT2D eigenvalue weighted by atomic mass is 10.0. The normalized spacial score (nSPS) is 14.3. The monoisotopic (exact) mass is 310 g/mol. The third-order valence-corrected chi connectivity index (χ3v) is 3.34. The molecule has 0 radical (unpaired) electrons. The summed E-state index contributed by atoms with van der Waals surface area (Å²) in [7, 11) is 0. The van der Waals surface area contributed by atoms with Gasteiger partial charge in [-0.25, -0.2) is 9.18 Å². The highest BCUT2D eigenvalue weighted by molar-refractivity contribution is 6.31. The van der Waals surface area contributed by atoms with Crippen LogP contribution < -0.4 is 10.6 Å². The van der Waals surface area contributed by atoms with Gasteiger partial charge in [0.2, 0.25) is 0 Å². The molecular weight excluding hydrogens is 299 g/mol. The van der Waals surface area contributed by atoms with Crippen molar-refractivity contribution in [3.63, 3.8) is 0 Å². The molecule has 1 aliphatic rings. The summed E-state index contributed by atoms with van der Waals surface area (Å²) in [6, 6.07) is 12.3. The van der Waals surface area contributed by atoms with Gasteiger partial charge in [-0.2, -0.15) is 0 Å². The molecule has 0 aromatic heterocycles. The molecule has 2 aromatic carbocycles. The molecule has 3 rings (SSSR count). The highest BCUT2D eigenvalue weighted by atomic mass is 19.1. The van der Waals surface area contributed by atoms with Gasteiger partial charge in [-0.15, -0.1) is 0 Å². The van der Waals surface area contributed by atoms with Crippen LogP contribution in [0.1, 0.15) is 5.56 Å². The number of imide groups is 2. The molecule has 5 nitrogen and oxygen atoms in total. The molecular formula is C17H11FN2O3. The predicted octanol–water partition coefficient (Wildman–Crippen LogP) is 2.24. The summed E-state index contributed by atoms with van der Waals surface area (Å²) in [5.41, 5.74) is 2.22. The Morgan fingerprint density at radius 3 is 1.74 bits per heavy atom. The van der Waals surface area contributed by atoms with Crippen LogP contribution in [0.15, 0.2) is 54.1 Å². The van der Waals surface area contributed by atoms with E-state index in [1.165, 1.54) is 18.2 Å². The fraction of sp³-hybridized carbons (Fsp3) is 0. The smallest absolute Gasteiger partial charge is 0.273 e. The Bertz CT molecular complexity index is 802. The lowest BCUT2D eigenvalue weighted by Gasteiger charge is -2.13. The molecule has 0 aliphatic carbocycles. The Labute approximate surface area is 130 Å². The molecule has 23 heavy (non-hydrogen) atoms. The molecule has 0 saturated carbocycles. The lowest BCUT2D eigenvalue weighted by Crippen LogP contribution is -2.51. The summed E-state index contributed by atoms with van der Waals surface area (Å²) < 4.78 is 12.9. The van der Waals surface area contributed by atoms with E-state index in [1.54, 1.807) is 36.4 Å². The van der Waals surface area contributed by atoms with Gasteiger partial charge in [0.05, 0.1) is 0 Å². The SMILES string of the molecule is O=C1NC(=O)C(=Cc2ccc(-c3ccc(F)cc3)cc2)C(=O)N1. The maximum Gasteiger partial charge on any atom is 0.328 e. The third-order valence-electron chi connectivity index (χ3n) is 3.34. The third kappa shape index (κ3) is 3.16. The predicted molar refractivity (Wildman–Crippen MR) is 81.5 cm³/mol. The standard InChI is InChI=1S/C17H11FN2O3/c18-13-7-5-12(6-8-13)11-3-1-10(2-4-11)9-14-15(21)19-17(23)20-16(14)22/h1-9H,(H2,19,20,21,22,23). The number of halogens is 1. The largest absolute Gasteiger partial charge is 0.328 e. The highest BCUT2D eigenvalue weighted by Crippen LogP contribution is 2.21. The molecule has 2 N–H and O–H groups in total. The molecule has 114 valence electrons. The summed E-state index contributed by atoms with van der Waals surface area (Å²) in [5.74, 6) is -1.78. The Balaban J connectivity index is 1.86. The zero-order chi connectivity index (χ0) is 16.4. The van der Waals surface area contributed by atoms with Crippen LogP contribution in [0.25, 0.3) is 17.2 Å². The van der Waals surface area contributed by atoms with Gasteiger partial charge in [-0.05, 0) is 34.9 Å². The van der Waals surface area contributed by atoms with Crippen LogP contribution in [0.4, 0.5) is 9.18 Å². The van der Waals surface area contributed by atoms with Crippen LogP contribution in [0.2, 0.25) is 0 Å². The van der Waals surface area contributed by atoms with Crippen LogP contribution >= 0.6 is 0 Å². The number of hydrogen-bond acceptors (Lipinski definition) is 3. The maximum absolute atomic E-state index is 12.9. The Hall–Kier alpha value is -3.28. The quantitative estimate of drug-likeness (QED) is 0.660. The van der Waals surface area contributed by atoms with E-state index in [-0.39, 0.29) is 11.4 Å². The number of benzene rings is 2. The van der Waals surface area contributed by atoms with E-state index in [4.69, 9.17) is 0 Å². The van der Waals surface area contributed by atoms with E-state index in [1.807, 2.05) is 10.6 Å². The van der Waals surface area contributed by atoms with Crippen molar-refractivity contribution in [2.24, 2.45) is 0 Å². The van der Waals surface area contributed by atoms with E-state index < -0.39 is 17.8 Å². The molecule has 1 fully saturated rings. The number of rotatable bonds is 2. The molecule has 0 atom stereocenters. The highest BCUT2D eigenvalue weighted by Gasteiger charge is 2.27. The van der Waals surface area contributed by atoms with Crippen molar-refractivity contribution in [2.45, 2.75) is 0 Å². The Morgan fingerprint density at radius 1 is 0.739 bits per heavy atom. The van der Waals surface area contributed by atoms with Crippen molar-refractivity contribution in [3.05, 3.63) is 65.5 Å². The molecule has 1 heterocycles. The Kier molecular flexibility index (Phi) is 3.72. The molecule has 2 aromatic rings. The van der Waals surface area contributed by atoms with Crippen molar-refractivity contribution in [1.82, 2.24) is 10.6 Å². The molecule has 0 spiro atoms. The van der Waals surface area contributed by atoms with Crippen molar-refractivity contribution >= 4 is 23.9 Å². The van der Waals surface area contributed by atoms with Gasteiger partial charge in [-0.1, -0.05) is 36.4 Å². The summed E-state index contributed by atoms with van der Waals surface area (Å²) in [6.07, 6.45) is 1.39. The second-order valence-corrected chi connectivity index (χ2v) is 4.92. The number of carbonyl (C=O) groups is 3. The summed E-state index contributed by atoms with van der Waals surface area (Å²) in [4.78, 5) is 34.3. The van der Waals surface area contributed by atoms with E-state index in [0.717, 1.165) is 11.1 Å². The summed E-state index contributed by atoms with van der Waals surface area (Å²) in [6.45, 7) is 0. The van der Waals surface area contributed by atoms with E-state index in [0.29, 0.717) is 5.56 Å². The second kappa shape index (κ2) is 5.84. The minimum absolute atomic E-state index is 0.140. The first-order chi connectivity index (χ1) is 11.0. The van der Waals surface area contributed by atoms with Crippen molar-refractivity contribution in [3.8, 4) is 11.1 Å². The van der Waals surface area contributed by atoms with E-state index in [2.05, 4.69) is 0 Å². The van der Waals surface area contributed by atoms with Gasteiger partial charge >= 0.3 is 6.03 Å². The molecule has 0 bridgehead atoms. The van der Waals surface area contributed by atoms with Crippen molar-refractivity contribution in [2.75, 3.05) is 0 Å². The molecule has 1 aliphatic heterocycles.